The monoisotopic (exact) mass is 375 g/mol. The summed E-state index contributed by atoms with van der Waals surface area (Å²) in [5.74, 6) is -1.63. The van der Waals surface area contributed by atoms with E-state index < -0.39 is 23.4 Å². The van der Waals surface area contributed by atoms with Gasteiger partial charge in [0.25, 0.3) is 5.91 Å². The molecule has 1 aromatic heterocycles. The third kappa shape index (κ3) is 1.90. The number of carboxylic acids is 1. The van der Waals surface area contributed by atoms with Gasteiger partial charge in [0.1, 0.15) is 0 Å². The maximum Gasteiger partial charge on any atom is 0.337 e. The summed E-state index contributed by atoms with van der Waals surface area (Å²) in [5, 5.41) is 10.5. The third-order valence-corrected chi connectivity index (χ3v) is 5.84. The molecule has 1 saturated heterocycles. The Morgan fingerprint density at radius 1 is 1.11 bits per heavy atom. The molecule has 2 aliphatic rings. The van der Waals surface area contributed by atoms with E-state index >= 15 is 0 Å². The van der Waals surface area contributed by atoms with E-state index in [2.05, 4.69) is 4.98 Å². The molecule has 1 atom stereocenters. The summed E-state index contributed by atoms with van der Waals surface area (Å²) in [6.45, 7) is 2.12. The number of rotatable bonds is 2. The number of benzene rings is 2. The van der Waals surface area contributed by atoms with Crippen LogP contribution in [0.2, 0.25) is 0 Å². The molecular formula is C21H17N3O4. The SMILES string of the molecule is CC12C(=O)N(c3ccccc3C(=O)O)C(=O)N1CCc1c2[nH]c2ccccc12. The molecule has 1 unspecified atom stereocenters. The fraction of sp³-hybridized carbons (Fsp3) is 0.190. The Morgan fingerprint density at radius 2 is 1.82 bits per heavy atom. The maximum atomic E-state index is 13.5. The van der Waals surface area contributed by atoms with Crippen molar-refractivity contribution in [2.45, 2.75) is 18.9 Å². The van der Waals surface area contributed by atoms with E-state index in [0.717, 1.165) is 21.4 Å². The minimum absolute atomic E-state index is 0.0792. The van der Waals surface area contributed by atoms with Crippen LogP contribution in [0.25, 0.3) is 10.9 Å². The molecule has 5 rings (SSSR count). The molecule has 2 aliphatic heterocycles. The zero-order valence-corrected chi connectivity index (χ0v) is 15.1. The number of nitrogens with one attached hydrogen (secondary N) is 1. The number of aromatic nitrogens is 1. The number of carbonyl (C=O) groups is 3. The Morgan fingerprint density at radius 3 is 2.61 bits per heavy atom. The second-order valence-corrected chi connectivity index (χ2v) is 7.24. The first-order valence-electron chi connectivity index (χ1n) is 9.03. The predicted octanol–water partition coefficient (Wildman–Crippen LogP) is 3.11. The van der Waals surface area contributed by atoms with Gasteiger partial charge in [0.15, 0.2) is 5.54 Å². The van der Waals surface area contributed by atoms with Gasteiger partial charge in [-0.1, -0.05) is 30.3 Å². The van der Waals surface area contributed by atoms with Crippen LogP contribution >= 0.6 is 0 Å². The predicted molar refractivity (Wildman–Crippen MR) is 102 cm³/mol. The van der Waals surface area contributed by atoms with Crippen molar-refractivity contribution in [2.24, 2.45) is 0 Å². The highest BCUT2D eigenvalue weighted by Crippen LogP contribution is 2.45. The highest BCUT2D eigenvalue weighted by molar-refractivity contribution is 6.25. The number of amides is 3. The number of hydrogen-bond donors (Lipinski definition) is 2. The summed E-state index contributed by atoms with van der Waals surface area (Å²) >= 11 is 0. The smallest absolute Gasteiger partial charge is 0.337 e. The number of anilines is 1. The minimum Gasteiger partial charge on any atom is -0.478 e. The largest absolute Gasteiger partial charge is 0.478 e. The van der Waals surface area contributed by atoms with Gasteiger partial charge in [-0.3, -0.25) is 4.79 Å². The lowest BCUT2D eigenvalue weighted by atomic mass is 9.87. The summed E-state index contributed by atoms with van der Waals surface area (Å²) in [4.78, 5) is 44.2. The van der Waals surface area contributed by atoms with Crippen LogP contribution in [0.15, 0.2) is 48.5 Å². The second-order valence-electron chi connectivity index (χ2n) is 7.24. The highest BCUT2D eigenvalue weighted by atomic mass is 16.4. The molecule has 0 aliphatic carbocycles. The van der Waals surface area contributed by atoms with E-state index in [1.807, 2.05) is 24.3 Å². The van der Waals surface area contributed by atoms with Crippen molar-refractivity contribution in [3.8, 4) is 0 Å². The van der Waals surface area contributed by atoms with Crippen LogP contribution in [0.3, 0.4) is 0 Å². The van der Waals surface area contributed by atoms with Crippen molar-refractivity contribution in [3.63, 3.8) is 0 Å². The highest BCUT2D eigenvalue weighted by Gasteiger charge is 2.59. The van der Waals surface area contributed by atoms with Gasteiger partial charge in [-0.05, 0) is 37.1 Å². The van der Waals surface area contributed by atoms with Crippen LogP contribution in [-0.2, 0) is 16.8 Å². The van der Waals surface area contributed by atoms with E-state index in [1.165, 1.54) is 17.0 Å². The van der Waals surface area contributed by atoms with E-state index in [1.54, 1.807) is 19.1 Å². The average molecular weight is 375 g/mol. The van der Waals surface area contributed by atoms with Crippen molar-refractivity contribution in [1.82, 2.24) is 9.88 Å². The molecule has 0 spiro atoms. The van der Waals surface area contributed by atoms with Gasteiger partial charge in [0.2, 0.25) is 0 Å². The number of aromatic carboxylic acids is 1. The van der Waals surface area contributed by atoms with Gasteiger partial charge < -0.3 is 15.0 Å². The molecule has 0 bridgehead atoms. The second kappa shape index (κ2) is 5.45. The first-order valence-corrected chi connectivity index (χ1v) is 9.03. The molecular weight excluding hydrogens is 358 g/mol. The first kappa shape index (κ1) is 16.6. The third-order valence-electron chi connectivity index (χ3n) is 5.84. The molecule has 7 nitrogen and oxygen atoms in total. The quantitative estimate of drug-likeness (QED) is 0.673. The van der Waals surface area contributed by atoms with Gasteiger partial charge >= 0.3 is 12.0 Å². The number of para-hydroxylation sites is 2. The lowest BCUT2D eigenvalue weighted by Gasteiger charge is -2.35. The molecule has 0 saturated carbocycles. The van der Waals surface area contributed by atoms with Crippen LogP contribution in [0.1, 0.15) is 28.5 Å². The Kier molecular flexibility index (Phi) is 3.22. The number of imide groups is 1. The number of carbonyl (C=O) groups excluding carboxylic acids is 2. The fourth-order valence-corrected chi connectivity index (χ4v) is 4.45. The zero-order chi connectivity index (χ0) is 19.6. The molecule has 3 heterocycles. The molecule has 28 heavy (non-hydrogen) atoms. The maximum absolute atomic E-state index is 13.5. The summed E-state index contributed by atoms with van der Waals surface area (Å²) in [5.41, 5.74) is 1.47. The van der Waals surface area contributed by atoms with Gasteiger partial charge in [-0.15, -0.1) is 0 Å². The van der Waals surface area contributed by atoms with Crippen molar-refractivity contribution >= 4 is 34.5 Å². The number of aromatic amines is 1. The lowest BCUT2D eigenvalue weighted by molar-refractivity contribution is -0.125. The standard InChI is InChI=1S/C21H17N3O4/c1-21-17-13(12-6-2-4-8-15(12)22-17)10-11-23(21)20(28)24(19(21)27)16-9-5-3-7-14(16)18(25)26/h2-9,22H,10-11H2,1H3,(H,25,26). The van der Waals surface area contributed by atoms with Crippen molar-refractivity contribution in [1.29, 1.82) is 0 Å². The fourth-order valence-electron chi connectivity index (χ4n) is 4.45. The topological polar surface area (TPSA) is 93.7 Å². The Balaban J connectivity index is 1.71. The van der Waals surface area contributed by atoms with Crippen LogP contribution in [0.4, 0.5) is 10.5 Å². The van der Waals surface area contributed by atoms with Crippen molar-refractivity contribution in [3.05, 3.63) is 65.4 Å². The summed E-state index contributed by atoms with van der Waals surface area (Å²) < 4.78 is 0. The van der Waals surface area contributed by atoms with Crippen LogP contribution in [0, 0.1) is 0 Å². The number of nitrogens with zero attached hydrogens (tertiary/aromatic N) is 2. The average Bonchev–Trinajstić information content (AvgIpc) is 3.16. The molecule has 3 aromatic rings. The lowest BCUT2D eigenvalue weighted by Crippen LogP contribution is -2.49. The minimum atomic E-state index is -1.20. The number of urea groups is 1. The van der Waals surface area contributed by atoms with Crippen molar-refractivity contribution in [2.75, 3.05) is 11.4 Å². The molecule has 3 amide bonds. The number of carboxylic acid groups (broad SMARTS) is 1. The van der Waals surface area contributed by atoms with E-state index in [0.29, 0.717) is 18.7 Å². The molecule has 2 N–H and O–H groups in total. The van der Waals surface area contributed by atoms with Crippen molar-refractivity contribution < 1.29 is 19.5 Å². The van der Waals surface area contributed by atoms with E-state index in [9.17, 15) is 19.5 Å². The van der Waals surface area contributed by atoms with Crippen LogP contribution in [-0.4, -0.2) is 39.4 Å². The van der Waals surface area contributed by atoms with Gasteiger partial charge in [-0.2, -0.15) is 0 Å². The van der Waals surface area contributed by atoms with Gasteiger partial charge in [0.05, 0.1) is 16.9 Å². The Hall–Kier alpha value is -3.61. The molecule has 140 valence electrons. The molecule has 1 fully saturated rings. The van der Waals surface area contributed by atoms with Crippen LogP contribution < -0.4 is 4.90 Å². The summed E-state index contributed by atoms with van der Waals surface area (Å²) in [6.07, 6.45) is 0.627. The number of H-pyrrole nitrogens is 1. The van der Waals surface area contributed by atoms with E-state index in [4.69, 9.17) is 0 Å². The normalized spacial score (nSPS) is 21.2. The Labute approximate surface area is 160 Å². The molecule has 7 heteroatoms. The Bertz CT molecular complexity index is 1180. The van der Waals surface area contributed by atoms with Gasteiger partial charge in [0, 0.05) is 17.4 Å². The number of hydrogen-bond acceptors (Lipinski definition) is 3. The first-order chi connectivity index (χ1) is 13.4. The summed E-state index contributed by atoms with van der Waals surface area (Å²) in [6, 6.07) is 13.4. The molecule has 0 radical (unpaired) electrons. The molecule has 2 aromatic carbocycles. The zero-order valence-electron chi connectivity index (χ0n) is 15.1. The summed E-state index contributed by atoms with van der Waals surface area (Å²) in [7, 11) is 0. The van der Waals surface area contributed by atoms with Crippen LogP contribution in [0.5, 0.6) is 0 Å². The number of fused-ring (bicyclic) bond motifs is 5. The van der Waals surface area contributed by atoms with Gasteiger partial charge in [-0.25, -0.2) is 14.5 Å². The van der Waals surface area contributed by atoms with E-state index in [-0.39, 0.29) is 11.3 Å².